The smallest absolute Gasteiger partial charge is 0.129 e. The Morgan fingerprint density at radius 1 is 0.564 bits per heavy atom. The molecular formula is C34H24N4O. The third kappa shape index (κ3) is 4.47. The number of benzene rings is 5. The van der Waals surface area contributed by atoms with Crippen molar-refractivity contribution < 1.29 is 4.74 Å². The molecule has 5 nitrogen and oxygen atoms in total. The van der Waals surface area contributed by atoms with Crippen molar-refractivity contribution in [3.63, 3.8) is 0 Å². The minimum Gasteiger partial charge on any atom is -0.457 e. The van der Waals surface area contributed by atoms with E-state index in [4.69, 9.17) is 9.84 Å². The van der Waals surface area contributed by atoms with Gasteiger partial charge < -0.3 is 4.74 Å². The second-order valence-corrected chi connectivity index (χ2v) is 9.27. The minimum absolute atomic E-state index is 0.734. The van der Waals surface area contributed by atoms with Crippen LogP contribution in [0.3, 0.4) is 0 Å². The predicted molar refractivity (Wildman–Crippen MR) is 156 cm³/mol. The highest BCUT2D eigenvalue weighted by Crippen LogP contribution is 2.33. The van der Waals surface area contributed by atoms with Crippen LogP contribution in [0.5, 0.6) is 11.5 Å². The summed E-state index contributed by atoms with van der Waals surface area (Å²) in [5.41, 5.74) is 8.14. The fourth-order valence-corrected chi connectivity index (χ4v) is 4.83. The van der Waals surface area contributed by atoms with E-state index in [0.717, 1.165) is 56.3 Å². The van der Waals surface area contributed by atoms with Crippen molar-refractivity contribution in [1.29, 1.82) is 0 Å². The molecule has 0 aliphatic heterocycles. The van der Waals surface area contributed by atoms with Gasteiger partial charge in [0.05, 0.1) is 22.4 Å². The number of imidazole rings is 1. The van der Waals surface area contributed by atoms with E-state index in [1.54, 1.807) is 0 Å². The molecule has 0 saturated carbocycles. The number of hydrogen-bond donors (Lipinski definition) is 0. The Labute approximate surface area is 226 Å². The highest BCUT2D eigenvalue weighted by Gasteiger charge is 2.14. The summed E-state index contributed by atoms with van der Waals surface area (Å²) in [5.74, 6) is 1.48. The van der Waals surface area contributed by atoms with Gasteiger partial charge in [0.15, 0.2) is 0 Å². The van der Waals surface area contributed by atoms with Gasteiger partial charge in [-0.05, 0) is 42.0 Å². The summed E-state index contributed by atoms with van der Waals surface area (Å²) in [4.78, 5) is 4.52. The second kappa shape index (κ2) is 9.80. The molecule has 0 radical (unpaired) electrons. The van der Waals surface area contributed by atoms with Gasteiger partial charge >= 0.3 is 0 Å². The molecule has 0 amide bonds. The quantitative estimate of drug-likeness (QED) is 0.229. The lowest BCUT2D eigenvalue weighted by Gasteiger charge is -2.10. The lowest BCUT2D eigenvalue weighted by Crippen LogP contribution is -1.96. The summed E-state index contributed by atoms with van der Waals surface area (Å²) in [6.45, 7) is 0. The largest absolute Gasteiger partial charge is 0.457 e. The van der Waals surface area contributed by atoms with Crippen LogP contribution in [0.1, 0.15) is 0 Å². The van der Waals surface area contributed by atoms with Gasteiger partial charge in [-0.3, -0.25) is 4.57 Å². The van der Waals surface area contributed by atoms with Gasteiger partial charge in [0.1, 0.15) is 23.5 Å². The lowest BCUT2D eigenvalue weighted by atomic mass is 10.0. The zero-order valence-electron chi connectivity index (χ0n) is 21.1. The first-order valence-electron chi connectivity index (χ1n) is 12.8. The molecule has 0 unspecified atom stereocenters. The number of para-hydroxylation sites is 2. The van der Waals surface area contributed by atoms with E-state index in [1.807, 2.05) is 95.9 Å². The van der Waals surface area contributed by atoms with Gasteiger partial charge in [-0.25, -0.2) is 9.67 Å². The number of hydrogen-bond acceptors (Lipinski definition) is 3. The van der Waals surface area contributed by atoms with Gasteiger partial charge in [-0.1, -0.05) is 84.9 Å². The van der Waals surface area contributed by atoms with E-state index in [0.29, 0.717) is 0 Å². The van der Waals surface area contributed by atoms with Crippen LogP contribution >= 0.6 is 0 Å². The second-order valence-electron chi connectivity index (χ2n) is 9.27. The van der Waals surface area contributed by atoms with E-state index in [2.05, 4.69) is 64.3 Å². The van der Waals surface area contributed by atoms with Crippen LogP contribution in [-0.4, -0.2) is 19.3 Å². The van der Waals surface area contributed by atoms with Crippen molar-refractivity contribution in [3.8, 4) is 45.3 Å². The predicted octanol–water partition coefficient (Wildman–Crippen LogP) is 8.34. The van der Waals surface area contributed by atoms with Gasteiger partial charge in [-0.15, -0.1) is 0 Å². The number of fused-ring (bicyclic) bond motifs is 1. The molecule has 5 aromatic carbocycles. The maximum atomic E-state index is 6.32. The van der Waals surface area contributed by atoms with Crippen LogP contribution in [0.15, 0.2) is 146 Å². The maximum absolute atomic E-state index is 6.32. The average Bonchev–Trinajstić information content (AvgIpc) is 3.64. The van der Waals surface area contributed by atoms with Crippen LogP contribution in [-0.2, 0) is 0 Å². The molecule has 0 spiro atoms. The molecule has 0 bridgehead atoms. The molecular weight excluding hydrogens is 480 g/mol. The van der Waals surface area contributed by atoms with Crippen molar-refractivity contribution in [2.24, 2.45) is 0 Å². The molecule has 186 valence electrons. The number of rotatable bonds is 6. The first-order chi connectivity index (χ1) is 19.3. The number of ether oxygens (including phenoxy) is 1. The Hall–Kier alpha value is -5.42. The fraction of sp³-hybridized carbons (Fsp3) is 0. The molecule has 39 heavy (non-hydrogen) atoms. The van der Waals surface area contributed by atoms with Crippen molar-refractivity contribution >= 4 is 11.0 Å². The molecule has 2 aromatic heterocycles. The minimum atomic E-state index is 0.734. The third-order valence-corrected chi connectivity index (χ3v) is 6.71. The van der Waals surface area contributed by atoms with Gasteiger partial charge in [0, 0.05) is 29.5 Å². The highest BCUT2D eigenvalue weighted by atomic mass is 16.5. The molecule has 2 heterocycles. The maximum Gasteiger partial charge on any atom is 0.129 e. The first-order valence-corrected chi connectivity index (χ1v) is 12.8. The van der Waals surface area contributed by atoms with E-state index >= 15 is 0 Å². The topological polar surface area (TPSA) is 44.9 Å². The van der Waals surface area contributed by atoms with Crippen LogP contribution < -0.4 is 4.74 Å². The summed E-state index contributed by atoms with van der Waals surface area (Å²) in [6, 6.07) is 44.8. The molecule has 0 aliphatic carbocycles. The molecule has 0 N–H and O–H groups in total. The zero-order chi connectivity index (χ0) is 26.0. The Bertz CT molecular complexity index is 1830. The number of aromatic nitrogens is 4. The molecule has 7 aromatic rings. The monoisotopic (exact) mass is 504 g/mol. The van der Waals surface area contributed by atoms with Crippen molar-refractivity contribution in [3.05, 3.63) is 146 Å². The summed E-state index contributed by atoms with van der Waals surface area (Å²) >= 11 is 0. The Morgan fingerprint density at radius 2 is 1.21 bits per heavy atom. The van der Waals surface area contributed by atoms with Crippen LogP contribution in [0.2, 0.25) is 0 Å². The standard InChI is InChI=1S/C34H24N4O/c1-3-11-25(12-4-1)31-23-38(36-34(31)26-13-5-2-6-14-26)28-16-10-18-30(22-28)39-29-17-9-15-27(21-29)37-24-35-32-19-7-8-20-33(32)37/h1-24H. The summed E-state index contributed by atoms with van der Waals surface area (Å²) in [5, 5.41) is 5.00. The number of nitrogens with zero attached hydrogens (tertiary/aromatic N) is 4. The van der Waals surface area contributed by atoms with Gasteiger partial charge in [0.2, 0.25) is 0 Å². The fourth-order valence-electron chi connectivity index (χ4n) is 4.83. The van der Waals surface area contributed by atoms with Crippen molar-refractivity contribution in [2.45, 2.75) is 0 Å². The molecule has 7 rings (SSSR count). The zero-order valence-corrected chi connectivity index (χ0v) is 21.1. The third-order valence-electron chi connectivity index (χ3n) is 6.71. The normalized spacial score (nSPS) is 11.1. The SMILES string of the molecule is c1ccc(-c2cn(-c3cccc(Oc4cccc(-n5cnc6ccccc65)c4)c3)nc2-c2ccccc2)cc1. The molecule has 0 atom stereocenters. The van der Waals surface area contributed by atoms with Gasteiger partial charge in [0.25, 0.3) is 0 Å². The van der Waals surface area contributed by atoms with E-state index in [9.17, 15) is 0 Å². The summed E-state index contributed by atoms with van der Waals surface area (Å²) < 4.78 is 10.3. The average molecular weight is 505 g/mol. The highest BCUT2D eigenvalue weighted by molar-refractivity contribution is 5.81. The van der Waals surface area contributed by atoms with E-state index in [1.165, 1.54) is 0 Å². The van der Waals surface area contributed by atoms with Crippen LogP contribution in [0, 0.1) is 0 Å². The van der Waals surface area contributed by atoms with Crippen LogP contribution in [0.4, 0.5) is 0 Å². The molecule has 0 aliphatic rings. The van der Waals surface area contributed by atoms with Crippen LogP contribution in [0.25, 0.3) is 44.8 Å². The van der Waals surface area contributed by atoms with Gasteiger partial charge in [-0.2, -0.15) is 5.10 Å². The summed E-state index contributed by atoms with van der Waals surface area (Å²) in [7, 11) is 0. The Kier molecular flexibility index (Phi) is 5.72. The first kappa shape index (κ1) is 22.8. The summed E-state index contributed by atoms with van der Waals surface area (Å²) in [6.07, 6.45) is 3.93. The van der Waals surface area contributed by atoms with Crippen molar-refractivity contribution in [1.82, 2.24) is 19.3 Å². The van der Waals surface area contributed by atoms with Crippen molar-refractivity contribution in [2.75, 3.05) is 0 Å². The van der Waals surface area contributed by atoms with E-state index in [-0.39, 0.29) is 0 Å². The lowest BCUT2D eigenvalue weighted by molar-refractivity contribution is 0.482. The van der Waals surface area contributed by atoms with E-state index < -0.39 is 0 Å². The Morgan fingerprint density at radius 3 is 1.97 bits per heavy atom. The molecule has 0 saturated heterocycles. The molecule has 5 heteroatoms. The molecule has 0 fully saturated rings. The Balaban J connectivity index is 1.23.